The highest BCUT2D eigenvalue weighted by Crippen LogP contribution is 2.08. The number of amides is 1. The molecule has 1 amide bonds. The normalized spacial score (nSPS) is 18.9. The molecule has 4 heteroatoms. The van der Waals surface area contributed by atoms with E-state index in [4.69, 9.17) is 10.5 Å². The maximum atomic E-state index is 11.3. The molecule has 3 N–H and O–H groups in total. The third kappa shape index (κ3) is 3.16. The molecule has 1 aliphatic carbocycles. The maximum Gasteiger partial charge on any atom is 0.239 e. The van der Waals surface area contributed by atoms with E-state index in [0.29, 0.717) is 0 Å². The summed E-state index contributed by atoms with van der Waals surface area (Å²) in [7, 11) is 1.53. The van der Waals surface area contributed by atoms with Crippen molar-refractivity contribution in [2.45, 2.75) is 24.9 Å². The number of ether oxygens (including phenoxy) is 1. The lowest BCUT2D eigenvalue weighted by Crippen LogP contribution is -2.46. The van der Waals surface area contributed by atoms with Gasteiger partial charge in [-0.05, 0) is 12.8 Å². The molecule has 0 bridgehead atoms. The van der Waals surface area contributed by atoms with Crippen molar-refractivity contribution in [3.8, 4) is 0 Å². The highest BCUT2D eigenvalue weighted by Gasteiger charge is 2.18. The van der Waals surface area contributed by atoms with Crippen molar-refractivity contribution in [2.75, 3.05) is 13.7 Å². The smallest absolute Gasteiger partial charge is 0.239 e. The molecule has 74 valence electrons. The van der Waals surface area contributed by atoms with Gasteiger partial charge in [0.25, 0.3) is 0 Å². The van der Waals surface area contributed by atoms with E-state index in [2.05, 4.69) is 17.5 Å². The quantitative estimate of drug-likeness (QED) is 0.594. The van der Waals surface area contributed by atoms with E-state index >= 15 is 0 Å². The number of methoxy groups -OCH3 is 1. The van der Waals surface area contributed by atoms with Gasteiger partial charge < -0.3 is 15.8 Å². The van der Waals surface area contributed by atoms with Crippen LogP contribution in [-0.2, 0) is 9.53 Å². The fourth-order valence-electron chi connectivity index (χ4n) is 1.30. The molecule has 0 aromatic rings. The number of hydrogen-bond acceptors (Lipinski definition) is 3. The fourth-order valence-corrected chi connectivity index (χ4v) is 1.30. The minimum Gasteiger partial charge on any atom is -0.383 e. The van der Waals surface area contributed by atoms with Crippen LogP contribution in [0, 0.1) is 0 Å². The standard InChI is InChI=1S/C9H16N2O2/c1-13-6-8(10)9(12)11-7-4-2-3-5-7/h2-3,7-8H,4-6,10H2,1H3,(H,11,12). The van der Waals surface area contributed by atoms with Gasteiger partial charge in [-0.3, -0.25) is 4.79 Å². The molecule has 0 radical (unpaired) electrons. The second-order valence-corrected chi connectivity index (χ2v) is 3.21. The van der Waals surface area contributed by atoms with Gasteiger partial charge in [0, 0.05) is 13.2 Å². The van der Waals surface area contributed by atoms with Crippen molar-refractivity contribution < 1.29 is 9.53 Å². The molecular formula is C9H16N2O2. The zero-order valence-corrected chi connectivity index (χ0v) is 7.82. The van der Waals surface area contributed by atoms with Crippen LogP contribution in [0.25, 0.3) is 0 Å². The minimum atomic E-state index is -0.550. The second-order valence-electron chi connectivity index (χ2n) is 3.21. The molecular weight excluding hydrogens is 168 g/mol. The molecule has 0 aromatic heterocycles. The van der Waals surface area contributed by atoms with E-state index < -0.39 is 6.04 Å². The number of nitrogens with one attached hydrogen (secondary N) is 1. The summed E-state index contributed by atoms with van der Waals surface area (Å²) in [6.07, 6.45) is 5.94. The minimum absolute atomic E-state index is 0.129. The van der Waals surface area contributed by atoms with E-state index in [1.54, 1.807) is 0 Å². The molecule has 0 spiro atoms. The molecule has 0 aromatic carbocycles. The van der Waals surface area contributed by atoms with E-state index in [9.17, 15) is 4.79 Å². The predicted molar refractivity (Wildman–Crippen MR) is 50.2 cm³/mol. The van der Waals surface area contributed by atoms with Crippen LogP contribution in [0.3, 0.4) is 0 Å². The van der Waals surface area contributed by atoms with Crippen LogP contribution < -0.4 is 11.1 Å². The average Bonchev–Trinajstić information content (AvgIpc) is 2.57. The Morgan fingerprint density at radius 2 is 2.31 bits per heavy atom. The van der Waals surface area contributed by atoms with Crippen LogP contribution in [-0.4, -0.2) is 31.7 Å². The van der Waals surface area contributed by atoms with Crippen molar-refractivity contribution in [2.24, 2.45) is 5.73 Å². The summed E-state index contributed by atoms with van der Waals surface area (Å²) in [4.78, 5) is 11.3. The van der Waals surface area contributed by atoms with Crippen LogP contribution in [0.5, 0.6) is 0 Å². The summed E-state index contributed by atoms with van der Waals surface area (Å²) in [6, 6.07) is -0.319. The van der Waals surface area contributed by atoms with Crippen molar-refractivity contribution in [3.63, 3.8) is 0 Å². The Hall–Kier alpha value is -0.870. The van der Waals surface area contributed by atoms with Crippen molar-refractivity contribution >= 4 is 5.91 Å². The summed E-state index contributed by atoms with van der Waals surface area (Å²) in [5.74, 6) is -0.129. The maximum absolute atomic E-state index is 11.3. The van der Waals surface area contributed by atoms with Gasteiger partial charge in [-0.25, -0.2) is 0 Å². The van der Waals surface area contributed by atoms with Gasteiger partial charge in [-0.2, -0.15) is 0 Å². The average molecular weight is 184 g/mol. The summed E-state index contributed by atoms with van der Waals surface area (Å²) in [5, 5.41) is 2.86. The largest absolute Gasteiger partial charge is 0.383 e. The highest BCUT2D eigenvalue weighted by molar-refractivity contribution is 5.81. The zero-order chi connectivity index (χ0) is 9.68. The molecule has 1 rings (SSSR count). The fraction of sp³-hybridized carbons (Fsp3) is 0.667. The van der Waals surface area contributed by atoms with Crippen LogP contribution in [0.1, 0.15) is 12.8 Å². The molecule has 0 saturated heterocycles. The Kier molecular flexibility index (Phi) is 3.92. The second kappa shape index (κ2) is 4.99. The van der Waals surface area contributed by atoms with Gasteiger partial charge in [-0.15, -0.1) is 0 Å². The van der Waals surface area contributed by atoms with Gasteiger partial charge in [0.2, 0.25) is 5.91 Å². The Labute approximate surface area is 78.1 Å². The van der Waals surface area contributed by atoms with Crippen LogP contribution in [0.4, 0.5) is 0 Å². The van der Waals surface area contributed by atoms with Gasteiger partial charge in [0.1, 0.15) is 6.04 Å². The van der Waals surface area contributed by atoms with Crippen molar-refractivity contribution in [3.05, 3.63) is 12.2 Å². The summed E-state index contributed by atoms with van der Waals surface area (Å²) in [6.45, 7) is 0.270. The Balaban J connectivity index is 2.23. The van der Waals surface area contributed by atoms with E-state index in [1.165, 1.54) is 7.11 Å². The van der Waals surface area contributed by atoms with Crippen LogP contribution in [0.15, 0.2) is 12.2 Å². The molecule has 0 fully saturated rings. The molecule has 4 nitrogen and oxygen atoms in total. The number of rotatable bonds is 4. The Bertz CT molecular complexity index is 196. The first-order valence-corrected chi connectivity index (χ1v) is 4.44. The zero-order valence-electron chi connectivity index (χ0n) is 7.82. The van der Waals surface area contributed by atoms with E-state index in [1.807, 2.05) is 0 Å². The monoisotopic (exact) mass is 184 g/mol. The lowest BCUT2D eigenvalue weighted by atomic mass is 10.2. The van der Waals surface area contributed by atoms with Crippen molar-refractivity contribution in [1.82, 2.24) is 5.32 Å². The Morgan fingerprint density at radius 1 is 1.69 bits per heavy atom. The highest BCUT2D eigenvalue weighted by atomic mass is 16.5. The Morgan fingerprint density at radius 3 is 2.85 bits per heavy atom. The first-order chi connectivity index (χ1) is 6.24. The predicted octanol–water partition coefficient (Wildman–Crippen LogP) is -0.205. The third-order valence-electron chi connectivity index (χ3n) is 2.04. The SMILES string of the molecule is COCC(N)C(=O)NC1CC=CC1. The van der Waals surface area contributed by atoms with E-state index in [0.717, 1.165) is 12.8 Å². The van der Waals surface area contributed by atoms with Gasteiger partial charge in [0.05, 0.1) is 6.61 Å². The van der Waals surface area contributed by atoms with Gasteiger partial charge >= 0.3 is 0 Å². The molecule has 1 atom stereocenters. The molecule has 13 heavy (non-hydrogen) atoms. The number of hydrogen-bond donors (Lipinski definition) is 2. The molecule has 0 heterocycles. The first kappa shape index (κ1) is 10.2. The topological polar surface area (TPSA) is 64.3 Å². The van der Waals surface area contributed by atoms with E-state index in [-0.39, 0.29) is 18.6 Å². The number of carbonyl (C=O) groups is 1. The molecule has 1 aliphatic rings. The van der Waals surface area contributed by atoms with Crippen LogP contribution >= 0.6 is 0 Å². The lowest BCUT2D eigenvalue weighted by molar-refractivity contribution is -0.124. The van der Waals surface area contributed by atoms with Gasteiger partial charge in [0.15, 0.2) is 0 Å². The van der Waals surface area contributed by atoms with Gasteiger partial charge in [-0.1, -0.05) is 12.2 Å². The van der Waals surface area contributed by atoms with Crippen molar-refractivity contribution in [1.29, 1.82) is 0 Å². The summed E-state index contributed by atoms with van der Waals surface area (Å²) in [5.41, 5.74) is 5.55. The lowest BCUT2D eigenvalue weighted by Gasteiger charge is -2.15. The number of carbonyl (C=O) groups excluding carboxylic acids is 1. The molecule has 1 unspecified atom stereocenters. The van der Waals surface area contributed by atoms with Crippen LogP contribution in [0.2, 0.25) is 0 Å². The first-order valence-electron chi connectivity index (χ1n) is 4.44. The summed E-state index contributed by atoms with van der Waals surface area (Å²) >= 11 is 0. The molecule has 0 saturated carbocycles. The third-order valence-corrected chi connectivity index (χ3v) is 2.04. The molecule has 0 aliphatic heterocycles. The number of nitrogens with two attached hydrogens (primary N) is 1. The summed E-state index contributed by atoms with van der Waals surface area (Å²) < 4.78 is 4.79.